The summed E-state index contributed by atoms with van der Waals surface area (Å²) in [4.78, 5) is 59.3. The maximum absolute atomic E-state index is 13.5. The first kappa shape index (κ1) is 30.6. The number of Topliss-reactive ketones (excluding diaryl/α,β-unsaturated/α-hetero) is 2. The van der Waals surface area contributed by atoms with Crippen molar-refractivity contribution in [2.75, 3.05) is 0 Å². The van der Waals surface area contributed by atoms with Crippen LogP contribution in [0.2, 0.25) is 0 Å². The van der Waals surface area contributed by atoms with E-state index in [0.29, 0.717) is 6.42 Å². The number of hydrogen-bond donors (Lipinski definition) is 3. The lowest BCUT2D eigenvalue weighted by Crippen LogP contribution is -2.57. The van der Waals surface area contributed by atoms with Crippen LogP contribution in [0, 0.1) is 17.8 Å². The molecule has 1 aromatic rings. The van der Waals surface area contributed by atoms with Crippen molar-refractivity contribution in [2.24, 2.45) is 17.8 Å². The molecule has 1 aliphatic rings. The van der Waals surface area contributed by atoms with E-state index in [9.17, 15) is 19.2 Å². The van der Waals surface area contributed by atoms with Crippen LogP contribution in [0.1, 0.15) is 79.2 Å². The predicted octanol–water partition coefficient (Wildman–Crippen LogP) is 3.53. The lowest BCUT2D eigenvalue weighted by molar-refractivity contribution is -0.145. The Hall–Kier alpha value is -2.58. The van der Waals surface area contributed by atoms with Gasteiger partial charge >= 0.3 is 0 Å². The molecule has 2 rings (SSSR count). The van der Waals surface area contributed by atoms with E-state index in [2.05, 4.69) is 23.0 Å². The summed E-state index contributed by atoms with van der Waals surface area (Å²) < 4.78 is 0. The van der Waals surface area contributed by atoms with Gasteiger partial charge in [0, 0.05) is 12.8 Å². The molecule has 0 spiro atoms. The molecule has 0 bridgehead atoms. The number of benzene rings is 1. The fourth-order valence-electron chi connectivity index (χ4n) is 4.46. The van der Waals surface area contributed by atoms with E-state index in [0.717, 1.165) is 24.8 Å². The average molecular weight is 516 g/mol. The molecule has 1 fully saturated rings. The number of nitrogens with one attached hydrogen (secondary N) is 3. The molecule has 0 saturated carbocycles. The highest BCUT2D eigenvalue weighted by atomic mass is 16.7. The Bertz CT molecular complexity index is 904. The molecule has 6 unspecified atom stereocenters. The third-order valence-corrected chi connectivity index (χ3v) is 7.31. The summed E-state index contributed by atoms with van der Waals surface area (Å²) in [7, 11) is 0. The Morgan fingerprint density at radius 3 is 2.16 bits per heavy atom. The highest BCUT2D eigenvalue weighted by Gasteiger charge is 2.37. The van der Waals surface area contributed by atoms with Crippen molar-refractivity contribution >= 4 is 23.4 Å². The Morgan fingerprint density at radius 2 is 1.57 bits per heavy atom. The van der Waals surface area contributed by atoms with E-state index >= 15 is 0 Å². The molecule has 6 atom stereocenters. The van der Waals surface area contributed by atoms with Crippen LogP contribution in [0.5, 0.6) is 0 Å². The average Bonchev–Trinajstić information content (AvgIpc) is 2.88. The zero-order valence-electron chi connectivity index (χ0n) is 23.2. The van der Waals surface area contributed by atoms with Crippen LogP contribution in [0.15, 0.2) is 30.3 Å². The van der Waals surface area contributed by atoms with Crippen LogP contribution < -0.4 is 16.1 Å². The summed E-state index contributed by atoms with van der Waals surface area (Å²) in [5.41, 5.74) is 3.79. The van der Waals surface area contributed by atoms with Gasteiger partial charge in [-0.25, -0.2) is 0 Å². The Morgan fingerprint density at radius 1 is 0.892 bits per heavy atom. The first-order chi connectivity index (χ1) is 17.6. The largest absolute Gasteiger partial charge is 0.344 e. The molecule has 8 heteroatoms. The van der Waals surface area contributed by atoms with E-state index in [-0.39, 0.29) is 36.5 Å². The van der Waals surface area contributed by atoms with Crippen molar-refractivity contribution < 1.29 is 24.0 Å². The molecule has 37 heavy (non-hydrogen) atoms. The summed E-state index contributed by atoms with van der Waals surface area (Å²) in [6.07, 6.45) is 3.05. The number of carbonyl (C=O) groups excluding carboxylic acids is 4. The highest BCUT2D eigenvalue weighted by molar-refractivity contribution is 6.39. The minimum absolute atomic E-state index is 0.00658. The number of ketones is 2. The normalized spacial score (nSPS) is 25.9. The van der Waals surface area contributed by atoms with Gasteiger partial charge in [0.1, 0.15) is 12.1 Å². The standard InChI is InChI=1S/C29H45N3O5/c1-7-9-13-20(6)24-17-23(33)27(34)25(18(3)4)31-28(35)22(16-21-14-11-10-12-15-21)30-29(36)26(32-37-24)19(5)8-2/h10-12,14-15,18-20,22,24-26,32H,7-9,13,16-17H2,1-6H3,(H,30,36)(H,31,35). The number of unbranched alkanes of at least 4 members (excludes halogenated alkanes) is 1. The van der Waals surface area contributed by atoms with Gasteiger partial charge in [0.05, 0.1) is 12.1 Å². The van der Waals surface area contributed by atoms with Crippen LogP contribution in [-0.4, -0.2) is 47.6 Å². The van der Waals surface area contributed by atoms with Gasteiger partial charge in [0.15, 0.2) is 0 Å². The molecule has 2 amide bonds. The third-order valence-electron chi connectivity index (χ3n) is 7.31. The minimum Gasteiger partial charge on any atom is -0.344 e. The van der Waals surface area contributed by atoms with Gasteiger partial charge in [-0.15, -0.1) is 0 Å². The van der Waals surface area contributed by atoms with Gasteiger partial charge in [-0.2, -0.15) is 5.48 Å². The summed E-state index contributed by atoms with van der Waals surface area (Å²) in [5, 5.41) is 5.67. The molecule has 8 nitrogen and oxygen atoms in total. The Balaban J connectivity index is 2.45. The van der Waals surface area contributed by atoms with E-state index in [1.54, 1.807) is 13.8 Å². The second-order valence-electron chi connectivity index (χ2n) is 10.7. The van der Waals surface area contributed by atoms with Crippen molar-refractivity contribution in [3.63, 3.8) is 0 Å². The lowest BCUT2D eigenvalue weighted by Gasteiger charge is -2.29. The molecule has 1 heterocycles. The second-order valence-corrected chi connectivity index (χ2v) is 10.7. The fraction of sp³-hybridized carbons (Fsp3) is 0.655. The summed E-state index contributed by atoms with van der Waals surface area (Å²) in [6, 6.07) is 6.73. The molecule has 1 saturated heterocycles. The number of hydrogen-bond acceptors (Lipinski definition) is 6. The van der Waals surface area contributed by atoms with Gasteiger partial charge in [-0.05, 0) is 29.7 Å². The number of hydroxylamine groups is 1. The van der Waals surface area contributed by atoms with Gasteiger partial charge in [-0.1, -0.05) is 91.1 Å². The number of carbonyl (C=O) groups is 4. The first-order valence-corrected chi connectivity index (χ1v) is 13.7. The molecule has 1 aromatic carbocycles. The SMILES string of the molecule is CCCCC(C)C1CC(=O)C(=O)C(C(C)C)NC(=O)C(Cc2ccccc2)NC(=O)C(C(C)CC)NO1. The molecular formula is C29H45N3O5. The van der Waals surface area contributed by atoms with Gasteiger partial charge in [0.2, 0.25) is 23.4 Å². The van der Waals surface area contributed by atoms with Crippen LogP contribution in [0.3, 0.4) is 0 Å². The summed E-state index contributed by atoms with van der Waals surface area (Å²) in [6.45, 7) is 11.6. The van der Waals surface area contributed by atoms with Crippen molar-refractivity contribution in [1.29, 1.82) is 0 Å². The first-order valence-electron chi connectivity index (χ1n) is 13.7. The van der Waals surface area contributed by atoms with E-state index < -0.39 is 41.7 Å². The Labute approximate surface area is 221 Å². The molecule has 1 aliphatic heterocycles. The van der Waals surface area contributed by atoms with E-state index in [1.807, 2.05) is 51.1 Å². The van der Waals surface area contributed by atoms with Crippen LogP contribution in [0.4, 0.5) is 0 Å². The summed E-state index contributed by atoms with van der Waals surface area (Å²) in [5.74, 6) is -2.47. The smallest absolute Gasteiger partial charge is 0.243 e. The number of amides is 2. The van der Waals surface area contributed by atoms with E-state index in [1.165, 1.54) is 0 Å². The molecule has 0 aromatic heterocycles. The Kier molecular flexibility index (Phi) is 12.4. The van der Waals surface area contributed by atoms with Crippen LogP contribution >= 0.6 is 0 Å². The number of rotatable bonds is 9. The minimum atomic E-state index is -0.985. The van der Waals surface area contributed by atoms with Crippen LogP contribution in [-0.2, 0) is 30.4 Å². The van der Waals surface area contributed by atoms with Gasteiger partial charge < -0.3 is 10.6 Å². The second kappa shape index (κ2) is 15.0. The predicted molar refractivity (Wildman–Crippen MR) is 143 cm³/mol. The third kappa shape index (κ3) is 9.04. The molecule has 206 valence electrons. The molecule has 0 aliphatic carbocycles. The van der Waals surface area contributed by atoms with Gasteiger partial charge in [-0.3, -0.25) is 24.0 Å². The van der Waals surface area contributed by atoms with Crippen molar-refractivity contribution in [3.8, 4) is 0 Å². The fourth-order valence-corrected chi connectivity index (χ4v) is 4.46. The maximum atomic E-state index is 13.5. The highest BCUT2D eigenvalue weighted by Crippen LogP contribution is 2.21. The lowest BCUT2D eigenvalue weighted by atomic mass is 9.90. The monoisotopic (exact) mass is 515 g/mol. The quantitative estimate of drug-likeness (QED) is 0.434. The maximum Gasteiger partial charge on any atom is 0.243 e. The molecular weight excluding hydrogens is 470 g/mol. The van der Waals surface area contributed by atoms with E-state index in [4.69, 9.17) is 4.84 Å². The van der Waals surface area contributed by atoms with Crippen molar-refractivity contribution in [2.45, 2.75) is 104 Å². The zero-order valence-corrected chi connectivity index (χ0v) is 23.2. The van der Waals surface area contributed by atoms with Crippen LogP contribution in [0.25, 0.3) is 0 Å². The van der Waals surface area contributed by atoms with Crippen molar-refractivity contribution in [1.82, 2.24) is 16.1 Å². The molecule has 0 radical (unpaired) electrons. The topological polar surface area (TPSA) is 114 Å². The zero-order chi connectivity index (χ0) is 27.5. The summed E-state index contributed by atoms with van der Waals surface area (Å²) >= 11 is 0. The molecule has 3 N–H and O–H groups in total. The van der Waals surface area contributed by atoms with Crippen molar-refractivity contribution in [3.05, 3.63) is 35.9 Å². The van der Waals surface area contributed by atoms with Gasteiger partial charge in [0.25, 0.3) is 0 Å².